The van der Waals surface area contributed by atoms with Gasteiger partial charge in [-0.15, -0.1) is 0 Å². The summed E-state index contributed by atoms with van der Waals surface area (Å²) in [6, 6.07) is 0.186. The minimum atomic E-state index is -4.91. The Balaban J connectivity index is 3.45. The summed E-state index contributed by atoms with van der Waals surface area (Å²) in [5.41, 5.74) is -3.03. The van der Waals surface area contributed by atoms with Crippen molar-refractivity contribution >= 4 is 28.6 Å². The molecule has 0 saturated heterocycles. The molecule has 1 aromatic heterocycles. The molecule has 0 spiro atoms. The van der Waals surface area contributed by atoms with E-state index < -0.39 is 41.8 Å². The average Bonchev–Trinajstić information content (AvgIpc) is 2.17. The minimum absolute atomic E-state index is 0.186. The van der Waals surface area contributed by atoms with Gasteiger partial charge in [-0.3, -0.25) is 4.79 Å². The summed E-state index contributed by atoms with van der Waals surface area (Å²) in [5, 5.41) is 8.51. The van der Waals surface area contributed by atoms with Crippen LogP contribution in [0.3, 0.4) is 0 Å². The van der Waals surface area contributed by atoms with E-state index in [2.05, 4.69) is 4.98 Å². The van der Waals surface area contributed by atoms with Gasteiger partial charge in [0.15, 0.2) is 0 Å². The van der Waals surface area contributed by atoms with E-state index in [1.54, 1.807) is 0 Å². The molecule has 1 rings (SSSR count). The van der Waals surface area contributed by atoms with Gasteiger partial charge in [-0.05, 0) is 28.7 Å². The first-order valence-corrected chi connectivity index (χ1v) is 5.47. The number of rotatable bonds is 3. The van der Waals surface area contributed by atoms with Gasteiger partial charge < -0.3 is 5.11 Å². The van der Waals surface area contributed by atoms with Gasteiger partial charge in [0, 0.05) is 5.56 Å². The number of hydrogen-bond donors (Lipinski definition) is 1. The van der Waals surface area contributed by atoms with E-state index in [1.807, 2.05) is 0 Å². The zero-order chi connectivity index (χ0) is 14.1. The largest absolute Gasteiger partial charge is 0.481 e. The van der Waals surface area contributed by atoms with E-state index in [0.717, 1.165) is 0 Å². The van der Waals surface area contributed by atoms with Gasteiger partial charge in [0.2, 0.25) is 0 Å². The zero-order valence-electron chi connectivity index (χ0n) is 8.43. The van der Waals surface area contributed by atoms with Crippen molar-refractivity contribution in [1.82, 2.24) is 4.98 Å². The van der Waals surface area contributed by atoms with Gasteiger partial charge in [0.25, 0.3) is 6.43 Å². The van der Waals surface area contributed by atoms with E-state index in [0.29, 0.717) is 0 Å². The lowest BCUT2D eigenvalue weighted by atomic mass is 10.1. The lowest BCUT2D eigenvalue weighted by Gasteiger charge is -2.14. The first-order valence-electron chi connectivity index (χ1n) is 4.39. The fraction of sp³-hybridized carbons (Fsp3) is 0.333. The molecule has 0 unspecified atom stereocenters. The summed E-state index contributed by atoms with van der Waals surface area (Å²) >= 11 is 1.31. The second kappa shape index (κ2) is 5.33. The van der Waals surface area contributed by atoms with E-state index in [4.69, 9.17) is 5.11 Å². The highest BCUT2D eigenvalue weighted by Gasteiger charge is 2.36. The summed E-state index contributed by atoms with van der Waals surface area (Å²) in [6.45, 7) is 0. The van der Waals surface area contributed by atoms with Crippen LogP contribution in [0.25, 0.3) is 0 Å². The van der Waals surface area contributed by atoms with Crippen LogP contribution in [-0.4, -0.2) is 16.1 Å². The number of halogens is 6. The Morgan fingerprint density at radius 1 is 1.44 bits per heavy atom. The molecule has 0 aliphatic carbocycles. The Morgan fingerprint density at radius 2 is 2.00 bits per heavy atom. The van der Waals surface area contributed by atoms with Crippen LogP contribution in [0.5, 0.6) is 0 Å². The predicted octanol–water partition coefficient (Wildman–Crippen LogP) is 3.27. The zero-order valence-corrected chi connectivity index (χ0v) is 10.6. The Hall–Kier alpha value is -1.00. The quantitative estimate of drug-likeness (QED) is 0.497. The molecular weight excluding hydrogens is 376 g/mol. The fourth-order valence-corrected chi connectivity index (χ4v) is 2.00. The summed E-state index contributed by atoms with van der Waals surface area (Å²) in [7, 11) is 0. The summed E-state index contributed by atoms with van der Waals surface area (Å²) in [6.07, 6.45) is -8.99. The van der Waals surface area contributed by atoms with Crippen molar-refractivity contribution in [3.05, 3.63) is 26.6 Å². The normalized spacial score (nSPS) is 11.9. The maximum absolute atomic E-state index is 12.7. The number of carbonyl (C=O) groups is 1. The van der Waals surface area contributed by atoms with Crippen molar-refractivity contribution < 1.29 is 31.9 Å². The predicted molar refractivity (Wildman–Crippen MR) is 58.3 cm³/mol. The van der Waals surface area contributed by atoms with Gasteiger partial charge in [-0.1, -0.05) is 0 Å². The van der Waals surface area contributed by atoms with Crippen molar-refractivity contribution in [1.29, 1.82) is 0 Å². The molecule has 0 aromatic carbocycles. The fourth-order valence-electron chi connectivity index (χ4n) is 1.24. The van der Waals surface area contributed by atoms with E-state index >= 15 is 0 Å². The molecule has 9 heteroatoms. The molecule has 0 bridgehead atoms. The molecule has 18 heavy (non-hydrogen) atoms. The van der Waals surface area contributed by atoms with Crippen molar-refractivity contribution in [3.8, 4) is 0 Å². The Labute approximate surface area is 111 Å². The van der Waals surface area contributed by atoms with Crippen LogP contribution >= 0.6 is 22.6 Å². The van der Waals surface area contributed by atoms with Gasteiger partial charge in [-0.2, -0.15) is 13.2 Å². The molecule has 1 aromatic rings. The van der Waals surface area contributed by atoms with Crippen molar-refractivity contribution in [2.75, 3.05) is 0 Å². The van der Waals surface area contributed by atoms with Crippen LogP contribution in [0.15, 0.2) is 6.07 Å². The molecule has 100 valence electrons. The molecule has 1 N–H and O–H groups in total. The first kappa shape index (κ1) is 15.1. The SMILES string of the molecule is O=C(O)Cc1c(C(F)(F)F)cc(C(F)F)nc1I. The van der Waals surface area contributed by atoms with Crippen molar-refractivity contribution in [2.45, 2.75) is 19.0 Å². The standard InChI is InChI=1S/C9H5F5INO2/c10-7(11)5-2-4(9(12,13)14)3(1-6(17)18)8(15)16-5/h2,7H,1H2,(H,17,18). The van der Waals surface area contributed by atoms with Crippen LogP contribution in [-0.2, 0) is 17.4 Å². The Morgan fingerprint density at radius 3 is 2.39 bits per heavy atom. The van der Waals surface area contributed by atoms with E-state index in [-0.39, 0.29) is 9.77 Å². The smallest absolute Gasteiger partial charge is 0.416 e. The third-order valence-electron chi connectivity index (χ3n) is 1.95. The highest BCUT2D eigenvalue weighted by molar-refractivity contribution is 14.1. The van der Waals surface area contributed by atoms with Crippen LogP contribution in [0.1, 0.15) is 23.2 Å². The summed E-state index contributed by atoms with van der Waals surface area (Å²) in [4.78, 5) is 13.7. The lowest BCUT2D eigenvalue weighted by Crippen LogP contribution is -2.16. The number of alkyl halides is 5. The number of aromatic nitrogens is 1. The highest BCUT2D eigenvalue weighted by Crippen LogP contribution is 2.35. The topological polar surface area (TPSA) is 50.2 Å². The van der Waals surface area contributed by atoms with Gasteiger partial charge in [0.1, 0.15) is 9.39 Å². The molecule has 0 amide bonds. The van der Waals surface area contributed by atoms with Crippen LogP contribution in [0.4, 0.5) is 22.0 Å². The Bertz CT molecular complexity index is 475. The van der Waals surface area contributed by atoms with Gasteiger partial charge >= 0.3 is 12.1 Å². The number of pyridine rings is 1. The number of hydrogen-bond acceptors (Lipinski definition) is 2. The van der Waals surface area contributed by atoms with Crippen LogP contribution in [0, 0.1) is 3.70 Å². The third-order valence-corrected chi connectivity index (χ3v) is 2.84. The average molecular weight is 381 g/mol. The molecule has 0 aliphatic heterocycles. The van der Waals surface area contributed by atoms with E-state index in [9.17, 15) is 26.7 Å². The number of carboxylic acid groups (broad SMARTS) is 1. The summed E-state index contributed by atoms with van der Waals surface area (Å²) in [5.74, 6) is -1.50. The van der Waals surface area contributed by atoms with Gasteiger partial charge in [-0.25, -0.2) is 13.8 Å². The van der Waals surface area contributed by atoms with Gasteiger partial charge in [0.05, 0.1) is 12.0 Å². The molecule has 0 saturated carbocycles. The summed E-state index contributed by atoms with van der Waals surface area (Å²) < 4.78 is 62.3. The molecule has 0 fully saturated rings. The second-order valence-corrected chi connectivity index (χ2v) is 4.25. The maximum atomic E-state index is 12.7. The molecule has 0 atom stereocenters. The minimum Gasteiger partial charge on any atom is -0.481 e. The molecule has 0 aliphatic rings. The molecule has 0 radical (unpaired) electrons. The van der Waals surface area contributed by atoms with E-state index in [1.165, 1.54) is 22.6 Å². The lowest BCUT2D eigenvalue weighted by molar-refractivity contribution is -0.139. The van der Waals surface area contributed by atoms with Crippen LogP contribution < -0.4 is 0 Å². The van der Waals surface area contributed by atoms with Crippen molar-refractivity contribution in [3.63, 3.8) is 0 Å². The first-order chi connectivity index (χ1) is 8.12. The molecule has 1 heterocycles. The number of aliphatic carboxylic acids is 1. The number of nitrogens with zero attached hydrogens (tertiary/aromatic N) is 1. The molecular formula is C9H5F5INO2. The highest BCUT2D eigenvalue weighted by atomic mass is 127. The van der Waals surface area contributed by atoms with Crippen LogP contribution in [0.2, 0.25) is 0 Å². The Kier molecular flexibility index (Phi) is 4.46. The maximum Gasteiger partial charge on any atom is 0.416 e. The third kappa shape index (κ3) is 3.50. The molecule has 3 nitrogen and oxygen atoms in total. The van der Waals surface area contributed by atoms with Crippen molar-refractivity contribution in [2.24, 2.45) is 0 Å². The second-order valence-electron chi connectivity index (χ2n) is 3.23. The number of carboxylic acids is 1. The monoisotopic (exact) mass is 381 g/mol.